The second-order valence-corrected chi connectivity index (χ2v) is 7.58. The molecule has 28 heavy (non-hydrogen) atoms. The molecule has 2 N–H and O–H groups in total. The zero-order valence-electron chi connectivity index (χ0n) is 14.8. The van der Waals surface area contributed by atoms with Gasteiger partial charge in [0.2, 0.25) is 11.8 Å². The van der Waals surface area contributed by atoms with Crippen LogP contribution >= 0.6 is 23.4 Å². The summed E-state index contributed by atoms with van der Waals surface area (Å²) in [5.41, 5.74) is 1.84. The third-order valence-corrected chi connectivity index (χ3v) is 5.15. The van der Waals surface area contributed by atoms with E-state index in [0.717, 1.165) is 11.8 Å². The first-order valence-corrected chi connectivity index (χ1v) is 9.57. The molecule has 0 aliphatic carbocycles. The van der Waals surface area contributed by atoms with E-state index in [2.05, 4.69) is 20.8 Å². The van der Waals surface area contributed by atoms with E-state index < -0.39 is 5.25 Å². The number of carbonyl (C=O) groups excluding carboxylic acids is 2. The van der Waals surface area contributed by atoms with Crippen molar-refractivity contribution in [2.24, 2.45) is 10.2 Å². The molecule has 3 rings (SSSR count). The third-order valence-electron chi connectivity index (χ3n) is 3.83. The number of amidine groups is 1. The number of nitrogens with one attached hydrogen (secondary N) is 2. The summed E-state index contributed by atoms with van der Waals surface area (Å²) in [4.78, 5) is 24.4. The maximum atomic E-state index is 13.0. The van der Waals surface area contributed by atoms with Gasteiger partial charge in [0.25, 0.3) is 0 Å². The SMILES string of the molecule is CC(=N/N=C1\NC(=O)CC(C(=O)Nc2ccc(Cl)cc2)S1)c1ccc(F)cc1. The Bertz CT molecular complexity index is 945. The van der Waals surface area contributed by atoms with E-state index in [-0.39, 0.29) is 29.2 Å². The maximum Gasteiger partial charge on any atom is 0.238 e. The number of carbonyl (C=O) groups is 2. The number of benzene rings is 2. The normalized spacial score (nSPS) is 18.7. The minimum absolute atomic E-state index is 0.0315. The van der Waals surface area contributed by atoms with Crippen LogP contribution < -0.4 is 10.6 Å². The molecule has 1 unspecified atom stereocenters. The van der Waals surface area contributed by atoms with Crippen molar-refractivity contribution in [3.05, 3.63) is 64.9 Å². The van der Waals surface area contributed by atoms with E-state index in [0.29, 0.717) is 22.0 Å². The van der Waals surface area contributed by atoms with Crippen molar-refractivity contribution >= 4 is 51.7 Å². The minimum Gasteiger partial charge on any atom is -0.325 e. The molecule has 1 fully saturated rings. The zero-order valence-corrected chi connectivity index (χ0v) is 16.4. The van der Waals surface area contributed by atoms with Crippen LogP contribution in [0, 0.1) is 5.82 Å². The van der Waals surface area contributed by atoms with Gasteiger partial charge in [-0.25, -0.2) is 4.39 Å². The fraction of sp³-hybridized carbons (Fsp3) is 0.158. The Labute approximate surface area is 170 Å². The standard InChI is InChI=1S/C19H16ClFN4O2S/c1-11(12-2-6-14(21)7-3-12)24-25-19-23-17(26)10-16(28-19)18(27)22-15-8-4-13(20)5-9-15/h2-9,16H,10H2,1H3,(H,22,27)(H,23,25,26). The van der Waals surface area contributed by atoms with E-state index in [4.69, 9.17) is 11.6 Å². The van der Waals surface area contributed by atoms with Crippen LogP contribution in [0.5, 0.6) is 0 Å². The molecule has 9 heteroatoms. The summed E-state index contributed by atoms with van der Waals surface area (Å²) in [5.74, 6) is -0.968. The van der Waals surface area contributed by atoms with Gasteiger partial charge in [-0.15, -0.1) is 5.10 Å². The Hall–Kier alpha value is -2.71. The van der Waals surface area contributed by atoms with E-state index in [1.807, 2.05) is 0 Å². The van der Waals surface area contributed by atoms with Crippen LogP contribution in [0.15, 0.2) is 58.7 Å². The number of rotatable bonds is 4. The second kappa shape index (κ2) is 8.99. The molecule has 0 radical (unpaired) electrons. The minimum atomic E-state index is -0.635. The number of amides is 2. The fourth-order valence-electron chi connectivity index (χ4n) is 2.36. The maximum absolute atomic E-state index is 13.0. The zero-order chi connectivity index (χ0) is 20.1. The smallest absolute Gasteiger partial charge is 0.238 e. The van der Waals surface area contributed by atoms with E-state index >= 15 is 0 Å². The molecule has 2 aromatic rings. The van der Waals surface area contributed by atoms with Crippen molar-refractivity contribution in [3.63, 3.8) is 0 Å². The van der Waals surface area contributed by atoms with Crippen molar-refractivity contribution in [2.45, 2.75) is 18.6 Å². The number of halogens is 2. The molecule has 0 aromatic heterocycles. The Morgan fingerprint density at radius 2 is 1.89 bits per heavy atom. The third kappa shape index (κ3) is 5.40. The first-order valence-electron chi connectivity index (χ1n) is 8.32. The molecule has 2 amide bonds. The Morgan fingerprint density at radius 3 is 2.57 bits per heavy atom. The van der Waals surface area contributed by atoms with Crippen LogP contribution in [0.3, 0.4) is 0 Å². The topological polar surface area (TPSA) is 82.9 Å². The van der Waals surface area contributed by atoms with Gasteiger partial charge in [-0.3, -0.25) is 9.59 Å². The lowest BCUT2D eigenvalue weighted by molar-refractivity contribution is -0.123. The van der Waals surface area contributed by atoms with Crippen LogP contribution in [0.2, 0.25) is 5.02 Å². The fourth-order valence-corrected chi connectivity index (χ4v) is 3.42. The molecule has 0 saturated carbocycles. The highest BCUT2D eigenvalue weighted by Gasteiger charge is 2.30. The van der Waals surface area contributed by atoms with Crippen LogP contribution in [0.1, 0.15) is 18.9 Å². The van der Waals surface area contributed by atoms with E-state index in [1.54, 1.807) is 43.3 Å². The Morgan fingerprint density at radius 1 is 1.21 bits per heavy atom. The lowest BCUT2D eigenvalue weighted by Crippen LogP contribution is -2.41. The number of anilines is 1. The molecule has 1 saturated heterocycles. The highest BCUT2D eigenvalue weighted by molar-refractivity contribution is 8.15. The van der Waals surface area contributed by atoms with Gasteiger partial charge < -0.3 is 10.6 Å². The van der Waals surface area contributed by atoms with Crippen LogP contribution in [-0.4, -0.2) is 27.9 Å². The summed E-state index contributed by atoms with van der Waals surface area (Å²) >= 11 is 6.95. The molecular weight excluding hydrogens is 403 g/mol. The van der Waals surface area contributed by atoms with Crippen molar-refractivity contribution in [1.29, 1.82) is 0 Å². The molecule has 144 valence electrons. The molecule has 1 aliphatic heterocycles. The van der Waals surface area contributed by atoms with Crippen LogP contribution in [0.4, 0.5) is 10.1 Å². The van der Waals surface area contributed by atoms with Gasteiger partial charge in [0.15, 0.2) is 5.17 Å². The summed E-state index contributed by atoms with van der Waals surface area (Å²) < 4.78 is 13.0. The highest BCUT2D eigenvalue weighted by Crippen LogP contribution is 2.23. The number of hydrogen-bond acceptors (Lipinski definition) is 5. The van der Waals surface area contributed by atoms with E-state index in [1.165, 1.54) is 12.1 Å². The van der Waals surface area contributed by atoms with Gasteiger partial charge in [-0.2, -0.15) is 5.10 Å². The number of hydrogen-bond donors (Lipinski definition) is 2. The van der Waals surface area contributed by atoms with Crippen LogP contribution in [-0.2, 0) is 9.59 Å². The monoisotopic (exact) mass is 418 g/mol. The predicted molar refractivity (Wildman–Crippen MR) is 110 cm³/mol. The van der Waals surface area contributed by atoms with E-state index in [9.17, 15) is 14.0 Å². The predicted octanol–water partition coefficient (Wildman–Crippen LogP) is 3.82. The first kappa shape index (κ1) is 20.0. The molecule has 0 bridgehead atoms. The van der Waals surface area contributed by atoms with Gasteiger partial charge in [-0.05, 0) is 48.9 Å². The Balaban J connectivity index is 1.69. The second-order valence-electron chi connectivity index (χ2n) is 5.95. The first-order chi connectivity index (χ1) is 13.4. The molecular formula is C19H16ClFN4O2S. The molecule has 0 spiro atoms. The molecule has 1 aliphatic rings. The highest BCUT2D eigenvalue weighted by atomic mass is 35.5. The number of thioether (sulfide) groups is 1. The molecule has 1 atom stereocenters. The van der Waals surface area contributed by atoms with Crippen LogP contribution in [0.25, 0.3) is 0 Å². The molecule has 1 heterocycles. The average molecular weight is 419 g/mol. The summed E-state index contributed by atoms with van der Waals surface area (Å²) in [6.07, 6.45) is 0.0315. The van der Waals surface area contributed by atoms with Gasteiger partial charge in [0.05, 0.1) is 5.71 Å². The summed E-state index contributed by atoms with van der Waals surface area (Å²) in [6, 6.07) is 12.5. The summed E-state index contributed by atoms with van der Waals surface area (Å²) in [6.45, 7) is 1.72. The van der Waals surface area contributed by atoms with Crippen molar-refractivity contribution in [3.8, 4) is 0 Å². The quantitative estimate of drug-likeness (QED) is 0.585. The van der Waals surface area contributed by atoms with Gasteiger partial charge in [-0.1, -0.05) is 35.5 Å². The number of nitrogens with zero attached hydrogens (tertiary/aromatic N) is 2. The van der Waals surface area contributed by atoms with Gasteiger partial charge >= 0.3 is 0 Å². The molecule has 6 nitrogen and oxygen atoms in total. The molecule has 2 aromatic carbocycles. The lowest BCUT2D eigenvalue weighted by atomic mass is 10.1. The van der Waals surface area contributed by atoms with Crippen molar-refractivity contribution in [2.75, 3.05) is 5.32 Å². The van der Waals surface area contributed by atoms with Crippen molar-refractivity contribution < 1.29 is 14.0 Å². The summed E-state index contributed by atoms with van der Waals surface area (Å²) in [7, 11) is 0. The van der Waals surface area contributed by atoms with Gasteiger partial charge in [0.1, 0.15) is 11.1 Å². The largest absolute Gasteiger partial charge is 0.325 e. The van der Waals surface area contributed by atoms with Gasteiger partial charge in [0, 0.05) is 17.1 Å². The summed E-state index contributed by atoms with van der Waals surface area (Å²) in [5, 5.41) is 13.6. The van der Waals surface area contributed by atoms with Crippen molar-refractivity contribution in [1.82, 2.24) is 5.32 Å². The Kier molecular flexibility index (Phi) is 6.43. The average Bonchev–Trinajstić information content (AvgIpc) is 2.68. The lowest BCUT2D eigenvalue weighted by Gasteiger charge is -2.21.